The van der Waals surface area contributed by atoms with Crippen LogP contribution in [0.3, 0.4) is 0 Å². The van der Waals surface area contributed by atoms with Gasteiger partial charge in [0.1, 0.15) is 8.80 Å². The third-order valence-corrected chi connectivity index (χ3v) is 6.48. The van der Waals surface area contributed by atoms with Crippen molar-refractivity contribution < 1.29 is 0 Å². The summed E-state index contributed by atoms with van der Waals surface area (Å²) in [5.74, 6) is 0. The lowest BCUT2D eigenvalue weighted by Crippen LogP contribution is -2.35. The molecule has 0 amide bonds. The molecule has 0 nitrogen and oxygen atoms in total. The quantitative estimate of drug-likeness (QED) is 0.674. The molecule has 0 atom stereocenters. The van der Waals surface area contributed by atoms with Crippen LogP contribution in [0, 0.1) is 13.8 Å². The van der Waals surface area contributed by atoms with E-state index in [4.69, 9.17) is 0 Å². The standard InChI is InChI=1S/C15H19Si/c1-12-8-7-9-14(13(12)2)15(3,4)16-10-5-6-11-16/h5-11H,1-4H3. The number of hydrogen-bond donors (Lipinski definition) is 0. The minimum atomic E-state index is -0.540. The summed E-state index contributed by atoms with van der Waals surface area (Å²) in [6.07, 6.45) is 4.39. The summed E-state index contributed by atoms with van der Waals surface area (Å²) in [5, 5.41) is 0.282. The van der Waals surface area contributed by atoms with E-state index in [0.29, 0.717) is 0 Å². The lowest BCUT2D eigenvalue weighted by molar-refractivity contribution is 0.737. The average Bonchev–Trinajstić information content (AvgIpc) is 2.75. The Morgan fingerprint density at radius 1 is 1.00 bits per heavy atom. The van der Waals surface area contributed by atoms with Crippen LogP contribution in [0.2, 0.25) is 0 Å². The third-order valence-electron chi connectivity index (χ3n) is 3.66. The molecular formula is C15H19Si. The van der Waals surface area contributed by atoms with Crippen LogP contribution in [0.5, 0.6) is 0 Å². The van der Waals surface area contributed by atoms with Crippen molar-refractivity contribution in [2.24, 2.45) is 0 Å². The van der Waals surface area contributed by atoms with Gasteiger partial charge >= 0.3 is 0 Å². The first-order valence-corrected chi connectivity index (χ1v) is 7.48. The van der Waals surface area contributed by atoms with Crippen LogP contribution in [0.1, 0.15) is 30.5 Å². The molecular weight excluding hydrogens is 208 g/mol. The maximum atomic E-state index is 2.40. The Morgan fingerprint density at radius 3 is 2.25 bits per heavy atom. The maximum Gasteiger partial charge on any atom is 0.114 e. The molecule has 83 valence electrons. The van der Waals surface area contributed by atoms with Crippen molar-refractivity contribution in [1.82, 2.24) is 0 Å². The number of hydrogen-bond acceptors (Lipinski definition) is 0. The van der Waals surface area contributed by atoms with Crippen molar-refractivity contribution in [3.8, 4) is 0 Å². The lowest BCUT2D eigenvalue weighted by Gasteiger charge is -2.31. The van der Waals surface area contributed by atoms with Gasteiger partial charge in [0.15, 0.2) is 0 Å². The summed E-state index contributed by atoms with van der Waals surface area (Å²) in [6.45, 7) is 9.20. The highest BCUT2D eigenvalue weighted by Gasteiger charge is 2.31. The molecule has 0 aliphatic carbocycles. The van der Waals surface area contributed by atoms with E-state index in [1.54, 1.807) is 0 Å². The molecule has 0 saturated carbocycles. The van der Waals surface area contributed by atoms with Crippen LogP contribution in [0.4, 0.5) is 0 Å². The summed E-state index contributed by atoms with van der Waals surface area (Å²) >= 11 is 0. The van der Waals surface area contributed by atoms with Crippen LogP contribution >= 0.6 is 0 Å². The molecule has 0 unspecified atom stereocenters. The zero-order valence-corrected chi connectivity index (χ0v) is 11.5. The molecule has 1 aliphatic heterocycles. The Morgan fingerprint density at radius 2 is 1.62 bits per heavy atom. The minimum Gasteiger partial charge on any atom is -0.0913 e. The number of rotatable bonds is 2. The Kier molecular flexibility index (Phi) is 2.89. The molecule has 0 N–H and O–H groups in total. The van der Waals surface area contributed by atoms with E-state index >= 15 is 0 Å². The van der Waals surface area contributed by atoms with Gasteiger partial charge in [0.05, 0.1) is 0 Å². The van der Waals surface area contributed by atoms with Gasteiger partial charge in [-0.1, -0.05) is 55.6 Å². The summed E-state index contributed by atoms with van der Waals surface area (Å²) in [6, 6.07) is 6.68. The fourth-order valence-electron chi connectivity index (χ4n) is 2.37. The van der Waals surface area contributed by atoms with Gasteiger partial charge < -0.3 is 0 Å². The van der Waals surface area contributed by atoms with Crippen LogP contribution in [-0.2, 0) is 5.04 Å². The van der Waals surface area contributed by atoms with E-state index in [0.717, 1.165) is 0 Å². The first kappa shape index (κ1) is 11.4. The Bertz CT molecular complexity index is 441. The van der Waals surface area contributed by atoms with Gasteiger partial charge in [0.2, 0.25) is 0 Å². The van der Waals surface area contributed by atoms with Crippen molar-refractivity contribution in [2.45, 2.75) is 32.7 Å². The van der Waals surface area contributed by atoms with E-state index in [2.05, 4.69) is 69.4 Å². The minimum absolute atomic E-state index is 0.282. The van der Waals surface area contributed by atoms with Crippen LogP contribution in [-0.4, -0.2) is 8.80 Å². The third kappa shape index (κ3) is 1.80. The van der Waals surface area contributed by atoms with Gasteiger partial charge in [0.25, 0.3) is 0 Å². The van der Waals surface area contributed by atoms with Crippen molar-refractivity contribution in [1.29, 1.82) is 0 Å². The SMILES string of the molecule is Cc1cccc(C(C)(C)[Si]2C=CC=C2)c1C. The average molecular weight is 227 g/mol. The molecule has 2 rings (SSSR count). The normalized spacial score (nSPS) is 16.0. The topological polar surface area (TPSA) is 0 Å². The monoisotopic (exact) mass is 227 g/mol. The number of allylic oxidation sites excluding steroid dienone is 2. The molecule has 1 heterocycles. The van der Waals surface area contributed by atoms with E-state index in [9.17, 15) is 0 Å². The van der Waals surface area contributed by atoms with Crippen molar-refractivity contribution >= 4 is 8.80 Å². The second-order valence-electron chi connectivity index (χ2n) is 5.05. The summed E-state index contributed by atoms with van der Waals surface area (Å²) < 4.78 is 0. The highest BCUT2D eigenvalue weighted by molar-refractivity contribution is 6.73. The van der Waals surface area contributed by atoms with Crippen LogP contribution in [0.15, 0.2) is 41.7 Å². The molecule has 1 aromatic carbocycles. The molecule has 0 bridgehead atoms. The summed E-state index contributed by atoms with van der Waals surface area (Å²) in [4.78, 5) is 0. The molecule has 0 aromatic heterocycles. The van der Waals surface area contributed by atoms with E-state index in [1.165, 1.54) is 16.7 Å². The molecule has 1 radical (unpaired) electrons. The van der Waals surface area contributed by atoms with E-state index in [1.807, 2.05) is 0 Å². The first-order valence-electron chi connectivity index (χ1n) is 5.82. The predicted octanol–water partition coefficient (Wildman–Crippen LogP) is 3.82. The smallest absolute Gasteiger partial charge is 0.0913 e. The molecule has 16 heavy (non-hydrogen) atoms. The van der Waals surface area contributed by atoms with Gasteiger partial charge in [-0.15, -0.1) is 0 Å². The zero-order chi connectivity index (χ0) is 11.8. The summed E-state index contributed by atoms with van der Waals surface area (Å²) in [5.41, 5.74) is 9.16. The van der Waals surface area contributed by atoms with Gasteiger partial charge in [-0.25, -0.2) is 0 Å². The zero-order valence-electron chi connectivity index (χ0n) is 10.5. The van der Waals surface area contributed by atoms with Gasteiger partial charge in [-0.2, -0.15) is 0 Å². The van der Waals surface area contributed by atoms with Crippen molar-refractivity contribution in [3.05, 3.63) is 58.4 Å². The maximum absolute atomic E-state index is 2.40. The van der Waals surface area contributed by atoms with Crippen LogP contribution < -0.4 is 0 Å². The predicted molar refractivity (Wildman–Crippen MR) is 73.0 cm³/mol. The second-order valence-corrected chi connectivity index (χ2v) is 7.87. The Hall–Kier alpha value is -1.08. The summed E-state index contributed by atoms with van der Waals surface area (Å²) in [7, 11) is -0.540. The largest absolute Gasteiger partial charge is 0.114 e. The molecule has 0 fully saturated rings. The Labute approximate surface area is 100 Å². The number of benzene rings is 1. The Balaban J connectivity index is 2.46. The van der Waals surface area contributed by atoms with Gasteiger partial charge in [-0.05, 0) is 35.6 Å². The van der Waals surface area contributed by atoms with Crippen LogP contribution in [0.25, 0.3) is 0 Å². The fraction of sp³-hybridized carbons (Fsp3) is 0.333. The van der Waals surface area contributed by atoms with E-state index < -0.39 is 8.80 Å². The highest BCUT2D eigenvalue weighted by atomic mass is 28.3. The van der Waals surface area contributed by atoms with E-state index in [-0.39, 0.29) is 5.04 Å². The molecule has 1 aromatic rings. The molecule has 1 aliphatic rings. The molecule has 0 spiro atoms. The molecule has 1 heteroatoms. The fourth-order valence-corrected chi connectivity index (χ4v) is 4.54. The number of aryl methyl sites for hydroxylation is 1. The first-order chi connectivity index (χ1) is 7.53. The lowest BCUT2D eigenvalue weighted by atomic mass is 9.94. The van der Waals surface area contributed by atoms with Gasteiger partial charge in [-0.3, -0.25) is 0 Å². The van der Waals surface area contributed by atoms with Gasteiger partial charge in [0, 0.05) is 0 Å². The molecule has 0 saturated heterocycles. The van der Waals surface area contributed by atoms with Crippen molar-refractivity contribution in [3.63, 3.8) is 0 Å². The second kappa shape index (κ2) is 4.06. The highest BCUT2D eigenvalue weighted by Crippen LogP contribution is 2.32. The van der Waals surface area contributed by atoms with Crippen molar-refractivity contribution in [2.75, 3.05) is 0 Å².